The Balaban J connectivity index is 3.26. The van der Waals surface area contributed by atoms with Gasteiger partial charge in [-0.3, -0.25) is 0 Å². The van der Waals surface area contributed by atoms with Gasteiger partial charge in [0.15, 0.2) is 0 Å². The number of ether oxygens (including phenoxy) is 2. The minimum Gasteiger partial charge on any atom is -0.444 e. The molecule has 2 N–H and O–H groups in total. The van der Waals surface area contributed by atoms with E-state index < -0.39 is 6.09 Å². The van der Waals surface area contributed by atoms with Crippen LogP contribution in [0.25, 0.3) is 0 Å². The summed E-state index contributed by atoms with van der Waals surface area (Å²) in [7, 11) is 1.53. The molecule has 4 nitrogen and oxygen atoms in total. The lowest BCUT2D eigenvalue weighted by molar-refractivity contribution is 0.0540. The zero-order valence-corrected chi connectivity index (χ0v) is 5.59. The highest BCUT2D eigenvalue weighted by atomic mass is 16.6. The fourth-order valence-electron chi connectivity index (χ4n) is 0.467. The van der Waals surface area contributed by atoms with Gasteiger partial charge in [0.25, 0.3) is 0 Å². The van der Waals surface area contributed by atoms with Crippen LogP contribution >= 0.6 is 0 Å². The van der Waals surface area contributed by atoms with E-state index in [0.29, 0.717) is 6.61 Å². The summed E-state index contributed by atoms with van der Waals surface area (Å²) in [6.07, 6.45) is -1.02. The molecule has 0 bridgehead atoms. The van der Waals surface area contributed by atoms with Crippen molar-refractivity contribution in [3.05, 3.63) is 0 Å². The van der Waals surface area contributed by atoms with E-state index in [9.17, 15) is 4.79 Å². The average Bonchev–Trinajstić information content (AvgIpc) is 1.63. The van der Waals surface area contributed by atoms with Crippen molar-refractivity contribution in [2.45, 2.75) is 13.0 Å². The topological polar surface area (TPSA) is 61.6 Å². The zero-order chi connectivity index (χ0) is 7.28. The first-order valence-corrected chi connectivity index (χ1v) is 2.62. The molecule has 0 aromatic rings. The Morgan fingerprint density at radius 3 is 2.67 bits per heavy atom. The summed E-state index contributed by atoms with van der Waals surface area (Å²) in [5.74, 6) is 0. The van der Waals surface area contributed by atoms with E-state index in [0.717, 1.165) is 0 Å². The molecular weight excluding hydrogens is 122 g/mol. The predicted molar refractivity (Wildman–Crippen MR) is 32.0 cm³/mol. The predicted octanol–water partition coefficient (Wildman–Crippen LogP) is 0.117. The van der Waals surface area contributed by atoms with Gasteiger partial charge in [0.2, 0.25) is 0 Å². The largest absolute Gasteiger partial charge is 0.444 e. The van der Waals surface area contributed by atoms with Gasteiger partial charge in [-0.1, -0.05) is 0 Å². The molecule has 0 aliphatic carbocycles. The van der Waals surface area contributed by atoms with Gasteiger partial charge >= 0.3 is 6.09 Å². The van der Waals surface area contributed by atoms with Crippen LogP contribution in [0.1, 0.15) is 6.92 Å². The maximum Gasteiger partial charge on any atom is 0.404 e. The van der Waals surface area contributed by atoms with Gasteiger partial charge in [-0.2, -0.15) is 0 Å². The monoisotopic (exact) mass is 133 g/mol. The first-order chi connectivity index (χ1) is 4.16. The van der Waals surface area contributed by atoms with Gasteiger partial charge in [0, 0.05) is 7.11 Å². The van der Waals surface area contributed by atoms with Gasteiger partial charge in [0.1, 0.15) is 6.10 Å². The highest BCUT2D eigenvalue weighted by molar-refractivity contribution is 5.64. The maximum atomic E-state index is 10.0. The Labute approximate surface area is 53.9 Å². The third-order valence-corrected chi connectivity index (χ3v) is 0.719. The molecule has 1 atom stereocenters. The van der Waals surface area contributed by atoms with Crippen molar-refractivity contribution in [2.24, 2.45) is 5.73 Å². The quantitative estimate of drug-likeness (QED) is 0.594. The third kappa shape index (κ3) is 5.10. The van der Waals surface area contributed by atoms with E-state index in [1.165, 1.54) is 7.11 Å². The molecule has 0 radical (unpaired) electrons. The molecule has 0 unspecified atom stereocenters. The Morgan fingerprint density at radius 2 is 2.33 bits per heavy atom. The molecule has 0 fully saturated rings. The maximum absolute atomic E-state index is 10.0. The number of primary amides is 1. The highest BCUT2D eigenvalue weighted by Gasteiger charge is 2.02. The van der Waals surface area contributed by atoms with Gasteiger partial charge in [0.05, 0.1) is 6.61 Å². The van der Waals surface area contributed by atoms with Crippen molar-refractivity contribution in [3.8, 4) is 0 Å². The fourth-order valence-corrected chi connectivity index (χ4v) is 0.467. The fraction of sp³-hybridized carbons (Fsp3) is 0.800. The minimum absolute atomic E-state index is 0.257. The van der Waals surface area contributed by atoms with Crippen LogP contribution in [-0.4, -0.2) is 25.9 Å². The van der Waals surface area contributed by atoms with Crippen molar-refractivity contribution in [1.82, 2.24) is 0 Å². The van der Waals surface area contributed by atoms with E-state index in [1.807, 2.05) is 0 Å². The van der Waals surface area contributed by atoms with Crippen LogP contribution < -0.4 is 5.73 Å². The molecule has 54 valence electrons. The van der Waals surface area contributed by atoms with E-state index in [2.05, 4.69) is 9.47 Å². The number of amides is 1. The van der Waals surface area contributed by atoms with E-state index in [1.54, 1.807) is 6.92 Å². The van der Waals surface area contributed by atoms with Crippen molar-refractivity contribution in [1.29, 1.82) is 0 Å². The summed E-state index contributed by atoms with van der Waals surface area (Å²) in [4.78, 5) is 10.0. The summed E-state index contributed by atoms with van der Waals surface area (Å²) in [5, 5.41) is 0. The van der Waals surface area contributed by atoms with Crippen LogP contribution in [0, 0.1) is 0 Å². The lowest BCUT2D eigenvalue weighted by atomic mass is 10.4. The van der Waals surface area contributed by atoms with E-state index in [4.69, 9.17) is 5.73 Å². The molecule has 0 rings (SSSR count). The Hall–Kier alpha value is -0.770. The number of methoxy groups -OCH3 is 1. The van der Waals surface area contributed by atoms with Crippen molar-refractivity contribution in [2.75, 3.05) is 13.7 Å². The summed E-state index contributed by atoms with van der Waals surface area (Å²) >= 11 is 0. The normalized spacial score (nSPS) is 12.7. The summed E-state index contributed by atoms with van der Waals surface area (Å²) in [6.45, 7) is 2.08. The lowest BCUT2D eigenvalue weighted by Crippen LogP contribution is -2.23. The number of hydrogen-bond acceptors (Lipinski definition) is 3. The highest BCUT2D eigenvalue weighted by Crippen LogP contribution is 1.88. The van der Waals surface area contributed by atoms with Gasteiger partial charge in [-0.25, -0.2) is 4.79 Å². The number of hydrogen-bond donors (Lipinski definition) is 1. The first kappa shape index (κ1) is 8.23. The Morgan fingerprint density at radius 1 is 1.78 bits per heavy atom. The Bertz CT molecular complexity index is 94.2. The lowest BCUT2D eigenvalue weighted by Gasteiger charge is -2.08. The number of rotatable bonds is 3. The third-order valence-electron chi connectivity index (χ3n) is 0.719. The number of carbonyl (C=O) groups is 1. The summed E-state index contributed by atoms with van der Waals surface area (Å²) < 4.78 is 9.18. The molecule has 9 heavy (non-hydrogen) atoms. The number of carbonyl (C=O) groups excluding carboxylic acids is 1. The zero-order valence-electron chi connectivity index (χ0n) is 5.59. The average molecular weight is 133 g/mol. The molecule has 0 saturated carbocycles. The smallest absolute Gasteiger partial charge is 0.404 e. The summed E-state index contributed by atoms with van der Waals surface area (Å²) in [5.41, 5.74) is 4.71. The van der Waals surface area contributed by atoms with Gasteiger partial charge in [-0.05, 0) is 6.92 Å². The molecule has 0 aromatic carbocycles. The molecule has 0 heterocycles. The van der Waals surface area contributed by atoms with Gasteiger partial charge in [-0.15, -0.1) is 0 Å². The molecule has 0 spiro atoms. The second-order valence-corrected chi connectivity index (χ2v) is 1.70. The first-order valence-electron chi connectivity index (χ1n) is 2.62. The van der Waals surface area contributed by atoms with Crippen LogP contribution in [-0.2, 0) is 9.47 Å². The second-order valence-electron chi connectivity index (χ2n) is 1.70. The van der Waals surface area contributed by atoms with E-state index in [-0.39, 0.29) is 6.10 Å². The van der Waals surface area contributed by atoms with Crippen LogP contribution in [0.3, 0.4) is 0 Å². The second kappa shape index (κ2) is 4.14. The molecule has 0 aliphatic rings. The van der Waals surface area contributed by atoms with Crippen LogP contribution in [0.5, 0.6) is 0 Å². The van der Waals surface area contributed by atoms with Crippen LogP contribution in [0.4, 0.5) is 4.79 Å². The molecule has 0 aromatic heterocycles. The standard InChI is InChI=1S/C5H11NO3/c1-4(3-8-2)9-5(6)7/h4H,3H2,1-2H3,(H2,6,7)/t4-/m1/s1. The van der Waals surface area contributed by atoms with Crippen molar-refractivity contribution >= 4 is 6.09 Å². The molecule has 1 amide bonds. The SMILES string of the molecule is COC[C@@H](C)OC(N)=O. The van der Waals surface area contributed by atoms with Gasteiger partial charge < -0.3 is 15.2 Å². The summed E-state index contributed by atoms with van der Waals surface area (Å²) in [6, 6.07) is 0. The minimum atomic E-state index is -0.764. The molecule has 4 heteroatoms. The van der Waals surface area contributed by atoms with Crippen LogP contribution in [0.2, 0.25) is 0 Å². The molecule has 0 saturated heterocycles. The molecule has 0 aliphatic heterocycles. The molecular formula is C5H11NO3. The van der Waals surface area contributed by atoms with E-state index >= 15 is 0 Å². The number of nitrogens with two attached hydrogens (primary N) is 1. The van der Waals surface area contributed by atoms with Crippen molar-refractivity contribution < 1.29 is 14.3 Å². The van der Waals surface area contributed by atoms with Crippen LogP contribution in [0.15, 0.2) is 0 Å². The Kier molecular flexibility index (Phi) is 3.79. The van der Waals surface area contributed by atoms with Crippen molar-refractivity contribution in [3.63, 3.8) is 0 Å².